The SMILES string of the molecule is CCOC(=O)c1cc([C@@H](C)CC(C)(C)C)sc1NC(=O)CCC(=O)OC. The minimum Gasteiger partial charge on any atom is -0.469 e. The number of ether oxygens (including phenoxy) is 2. The number of thiophene rings is 1. The molecule has 146 valence electrons. The Morgan fingerprint density at radius 2 is 1.88 bits per heavy atom. The van der Waals surface area contributed by atoms with Gasteiger partial charge in [0.2, 0.25) is 5.91 Å². The van der Waals surface area contributed by atoms with Crippen LogP contribution in [0.4, 0.5) is 5.00 Å². The molecule has 0 aromatic carbocycles. The van der Waals surface area contributed by atoms with Gasteiger partial charge in [0.15, 0.2) is 0 Å². The van der Waals surface area contributed by atoms with Crippen LogP contribution in [-0.4, -0.2) is 31.6 Å². The Morgan fingerprint density at radius 3 is 2.42 bits per heavy atom. The van der Waals surface area contributed by atoms with Crippen LogP contribution in [0.15, 0.2) is 6.07 Å². The minimum absolute atomic E-state index is 0.000281. The monoisotopic (exact) mass is 383 g/mol. The van der Waals surface area contributed by atoms with Crippen molar-refractivity contribution in [3.63, 3.8) is 0 Å². The molecule has 1 rings (SSSR count). The molecule has 1 heterocycles. The Morgan fingerprint density at radius 1 is 1.23 bits per heavy atom. The van der Waals surface area contributed by atoms with Gasteiger partial charge in [-0.1, -0.05) is 27.7 Å². The Labute approximate surface area is 159 Å². The van der Waals surface area contributed by atoms with E-state index in [0.29, 0.717) is 10.6 Å². The van der Waals surface area contributed by atoms with Crippen LogP contribution in [0, 0.1) is 5.41 Å². The summed E-state index contributed by atoms with van der Waals surface area (Å²) >= 11 is 1.38. The van der Waals surface area contributed by atoms with Crippen molar-refractivity contribution in [2.75, 3.05) is 19.0 Å². The molecule has 7 heteroatoms. The van der Waals surface area contributed by atoms with E-state index in [1.54, 1.807) is 13.0 Å². The number of methoxy groups -OCH3 is 1. The maximum Gasteiger partial charge on any atom is 0.341 e. The fourth-order valence-electron chi connectivity index (χ4n) is 2.63. The number of carbonyl (C=O) groups excluding carboxylic acids is 3. The van der Waals surface area contributed by atoms with Crippen molar-refractivity contribution in [1.29, 1.82) is 0 Å². The highest BCUT2D eigenvalue weighted by molar-refractivity contribution is 7.16. The first-order valence-corrected chi connectivity index (χ1v) is 9.56. The summed E-state index contributed by atoms with van der Waals surface area (Å²) in [6.07, 6.45) is 0.945. The van der Waals surface area contributed by atoms with E-state index in [-0.39, 0.29) is 36.7 Å². The van der Waals surface area contributed by atoms with Crippen LogP contribution < -0.4 is 5.32 Å². The molecule has 0 spiro atoms. The van der Waals surface area contributed by atoms with Gasteiger partial charge in [-0.15, -0.1) is 11.3 Å². The van der Waals surface area contributed by atoms with Crippen molar-refractivity contribution in [3.8, 4) is 0 Å². The van der Waals surface area contributed by atoms with Gasteiger partial charge in [0.1, 0.15) is 5.00 Å². The third-order valence-corrected chi connectivity index (χ3v) is 4.97. The van der Waals surface area contributed by atoms with E-state index in [0.717, 1.165) is 11.3 Å². The van der Waals surface area contributed by atoms with E-state index in [1.165, 1.54) is 18.4 Å². The number of nitrogens with one attached hydrogen (secondary N) is 1. The summed E-state index contributed by atoms with van der Waals surface area (Å²) in [7, 11) is 1.28. The summed E-state index contributed by atoms with van der Waals surface area (Å²) in [6, 6.07) is 1.80. The van der Waals surface area contributed by atoms with E-state index < -0.39 is 11.9 Å². The number of amides is 1. The van der Waals surface area contributed by atoms with E-state index in [9.17, 15) is 14.4 Å². The zero-order chi connectivity index (χ0) is 19.9. The van der Waals surface area contributed by atoms with Crippen LogP contribution in [0.25, 0.3) is 0 Å². The van der Waals surface area contributed by atoms with Gasteiger partial charge in [-0.05, 0) is 30.7 Å². The average molecular weight is 384 g/mol. The Hall–Kier alpha value is -1.89. The molecule has 6 nitrogen and oxygen atoms in total. The average Bonchev–Trinajstić information content (AvgIpc) is 2.95. The number of hydrogen-bond acceptors (Lipinski definition) is 6. The molecule has 1 aromatic rings. The third kappa shape index (κ3) is 7.15. The Kier molecular flexibility index (Phi) is 8.27. The van der Waals surface area contributed by atoms with Gasteiger partial charge < -0.3 is 14.8 Å². The van der Waals surface area contributed by atoms with Crippen molar-refractivity contribution >= 4 is 34.2 Å². The highest BCUT2D eigenvalue weighted by Crippen LogP contribution is 2.38. The summed E-state index contributed by atoms with van der Waals surface area (Å²) in [4.78, 5) is 36.5. The Bertz CT molecular complexity index is 645. The summed E-state index contributed by atoms with van der Waals surface area (Å²) in [5, 5.41) is 3.21. The fraction of sp³-hybridized carbons (Fsp3) is 0.632. The molecule has 0 fully saturated rings. The molecule has 1 aromatic heterocycles. The maximum atomic E-state index is 12.2. The molecule has 0 aliphatic rings. The highest BCUT2D eigenvalue weighted by Gasteiger charge is 2.24. The summed E-state index contributed by atoms with van der Waals surface area (Å²) < 4.78 is 9.64. The van der Waals surface area contributed by atoms with Crippen LogP contribution in [0.1, 0.15) is 75.0 Å². The zero-order valence-corrected chi connectivity index (χ0v) is 17.2. The normalized spacial score (nSPS) is 12.4. The second-order valence-corrected chi connectivity index (χ2v) is 8.49. The molecule has 26 heavy (non-hydrogen) atoms. The smallest absolute Gasteiger partial charge is 0.341 e. The quantitative estimate of drug-likeness (QED) is 0.675. The lowest BCUT2D eigenvalue weighted by molar-refractivity contribution is -0.141. The standard InChI is InChI=1S/C19H29NO5S/c1-7-25-18(23)13-10-14(12(2)11-19(3,4)5)26-17(13)20-15(21)8-9-16(22)24-6/h10,12H,7-9,11H2,1-6H3,(H,20,21)/t12-/m0/s1. The second kappa shape index (κ2) is 9.71. The lowest BCUT2D eigenvalue weighted by atomic mass is 9.85. The molecule has 0 aliphatic carbocycles. The van der Waals surface area contributed by atoms with Crippen LogP contribution in [0.5, 0.6) is 0 Å². The van der Waals surface area contributed by atoms with Gasteiger partial charge in [0, 0.05) is 11.3 Å². The number of esters is 2. The molecule has 1 amide bonds. The molecule has 0 bridgehead atoms. The summed E-state index contributed by atoms with van der Waals surface area (Å²) in [5.74, 6) is -0.996. The number of anilines is 1. The molecule has 0 unspecified atom stereocenters. The first-order chi connectivity index (χ1) is 12.1. The van der Waals surface area contributed by atoms with Crippen LogP contribution in [-0.2, 0) is 19.1 Å². The molecule has 1 N–H and O–H groups in total. The molecule has 0 radical (unpaired) electrons. The molecule has 0 saturated heterocycles. The summed E-state index contributed by atoms with van der Waals surface area (Å²) in [6.45, 7) is 10.6. The van der Waals surface area contributed by atoms with E-state index in [1.807, 2.05) is 0 Å². The lowest BCUT2D eigenvalue weighted by Crippen LogP contribution is -2.15. The van der Waals surface area contributed by atoms with Gasteiger partial charge in [-0.25, -0.2) is 4.79 Å². The number of carbonyl (C=O) groups is 3. The molecule has 0 saturated carbocycles. The predicted octanol–water partition coefficient (Wildman–Crippen LogP) is 4.36. The van der Waals surface area contributed by atoms with Gasteiger partial charge in [0.05, 0.1) is 25.7 Å². The van der Waals surface area contributed by atoms with E-state index in [2.05, 4.69) is 37.7 Å². The first-order valence-electron chi connectivity index (χ1n) is 8.75. The van der Waals surface area contributed by atoms with Crippen LogP contribution in [0.2, 0.25) is 0 Å². The van der Waals surface area contributed by atoms with Gasteiger partial charge in [-0.3, -0.25) is 9.59 Å². The number of hydrogen-bond donors (Lipinski definition) is 1. The largest absolute Gasteiger partial charge is 0.469 e. The van der Waals surface area contributed by atoms with Crippen molar-refractivity contribution in [2.24, 2.45) is 5.41 Å². The predicted molar refractivity (Wildman–Crippen MR) is 103 cm³/mol. The van der Waals surface area contributed by atoms with E-state index >= 15 is 0 Å². The van der Waals surface area contributed by atoms with Gasteiger partial charge >= 0.3 is 11.9 Å². The maximum absolute atomic E-state index is 12.2. The van der Waals surface area contributed by atoms with Crippen molar-refractivity contribution < 1.29 is 23.9 Å². The molecule has 1 atom stereocenters. The van der Waals surface area contributed by atoms with Crippen molar-refractivity contribution in [1.82, 2.24) is 0 Å². The highest BCUT2D eigenvalue weighted by atomic mass is 32.1. The van der Waals surface area contributed by atoms with Crippen molar-refractivity contribution in [3.05, 3.63) is 16.5 Å². The Balaban J connectivity index is 2.98. The molecular weight excluding hydrogens is 354 g/mol. The lowest BCUT2D eigenvalue weighted by Gasteiger charge is -2.22. The third-order valence-electron chi connectivity index (χ3n) is 3.69. The van der Waals surface area contributed by atoms with Crippen LogP contribution >= 0.6 is 11.3 Å². The topological polar surface area (TPSA) is 81.7 Å². The zero-order valence-electron chi connectivity index (χ0n) is 16.4. The van der Waals surface area contributed by atoms with Gasteiger partial charge in [0.25, 0.3) is 0 Å². The van der Waals surface area contributed by atoms with Crippen molar-refractivity contribution in [2.45, 2.75) is 59.8 Å². The second-order valence-electron chi connectivity index (χ2n) is 7.40. The molecular formula is C19H29NO5S. The minimum atomic E-state index is -0.457. The van der Waals surface area contributed by atoms with E-state index in [4.69, 9.17) is 4.74 Å². The first kappa shape index (κ1) is 22.2. The molecule has 0 aliphatic heterocycles. The fourth-order valence-corrected chi connectivity index (χ4v) is 3.75. The van der Waals surface area contributed by atoms with Crippen LogP contribution in [0.3, 0.4) is 0 Å². The summed E-state index contributed by atoms with van der Waals surface area (Å²) in [5.41, 5.74) is 0.510. The van der Waals surface area contributed by atoms with Gasteiger partial charge in [-0.2, -0.15) is 0 Å². The number of rotatable bonds is 8.